The van der Waals surface area contributed by atoms with Crippen molar-refractivity contribution < 1.29 is 18.3 Å². The third-order valence-electron chi connectivity index (χ3n) is 3.02. The third kappa shape index (κ3) is 3.71. The molecule has 0 aromatic heterocycles. The van der Waals surface area contributed by atoms with Crippen molar-refractivity contribution in [1.29, 1.82) is 0 Å². The fraction of sp³-hybridized carbons (Fsp3) is 0.571. The largest absolute Gasteiger partial charge is 0.495 e. The van der Waals surface area contributed by atoms with E-state index in [9.17, 15) is 8.42 Å². The number of rotatable bonds is 7. The molecule has 0 aliphatic heterocycles. The predicted molar refractivity (Wildman–Crippen MR) is 78.5 cm³/mol. The second kappa shape index (κ2) is 7.06. The summed E-state index contributed by atoms with van der Waals surface area (Å²) < 4.78 is 32.1. The van der Waals surface area contributed by atoms with Gasteiger partial charge in [-0.3, -0.25) is 0 Å². The van der Waals surface area contributed by atoms with Gasteiger partial charge in [0.15, 0.2) is 0 Å². The average molecular weight is 301 g/mol. The van der Waals surface area contributed by atoms with Crippen LogP contribution >= 0.6 is 0 Å². The summed E-state index contributed by atoms with van der Waals surface area (Å²) in [7, 11) is -2.19. The fourth-order valence-electron chi connectivity index (χ4n) is 1.99. The van der Waals surface area contributed by atoms with Crippen LogP contribution in [0.25, 0.3) is 0 Å². The number of aliphatic hydroxyl groups is 1. The number of nitrogens with zero attached hydrogens (tertiary/aromatic N) is 1. The summed E-state index contributed by atoms with van der Waals surface area (Å²) >= 11 is 0. The van der Waals surface area contributed by atoms with Crippen LogP contribution < -0.4 is 4.74 Å². The summed E-state index contributed by atoms with van der Waals surface area (Å²) in [5.41, 5.74) is 0.857. The van der Waals surface area contributed by atoms with E-state index in [-0.39, 0.29) is 24.1 Å². The number of benzene rings is 1. The van der Waals surface area contributed by atoms with Crippen LogP contribution in [0.15, 0.2) is 23.1 Å². The molecule has 1 aromatic rings. The van der Waals surface area contributed by atoms with Crippen molar-refractivity contribution in [1.82, 2.24) is 4.31 Å². The van der Waals surface area contributed by atoms with Gasteiger partial charge in [0.25, 0.3) is 0 Å². The highest BCUT2D eigenvalue weighted by Gasteiger charge is 2.29. The topological polar surface area (TPSA) is 66.8 Å². The van der Waals surface area contributed by atoms with E-state index in [2.05, 4.69) is 0 Å². The molecule has 0 saturated carbocycles. The molecule has 0 amide bonds. The molecule has 0 aliphatic rings. The molecule has 0 unspecified atom stereocenters. The second-order valence-electron chi connectivity index (χ2n) is 4.94. The summed E-state index contributed by atoms with van der Waals surface area (Å²) in [5.74, 6) is 0.338. The Labute approximate surface area is 121 Å². The molecule has 0 saturated heterocycles. The highest BCUT2D eigenvalue weighted by molar-refractivity contribution is 7.89. The lowest BCUT2D eigenvalue weighted by molar-refractivity contribution is 0.258. The van der Waals surface area contributed by atoms with Gasteiger partial charge >= 0.3 is 0 Å². The molecule has 0 bridgehead atoms. The standard InChI is InChI=1S/C14H23NO4S/c1-11(2)15(8-5-9-16)20(17,18)14-10-12(3)6-7-13(14)19-4/h6-7,10-11,16H,5,8-9H2,1-4H3. The van der Waals surface area contributed by atoms with E-state index in [0.29, 0.717) is 12.2 Å². The van der Waals surface area contributed by atoms with Gasteiger partial charge in [-0.1, -0.05) is 6.07 Å². The van der Waals surface area contributed by atoms with Crippen LogP contribution in [0.4, 0.5) is 0 Å². The van der Waals surface area contributed by atoms with Gasteiger partial charge in [-0.25, -0.2) is 8.42 Å². The van der Waals surface area contributed by atoms with Gasteiger partial charge in [0.1, 0.15) is 10.6 Å². The first kappa shape index (κ1) is 16.9. The van der Waals surface area contributed by atoms with Crippen molar-refractivity contribution in [2.75, 3.05) is 20.3 Å². The molecular weight excluding hydrogens is 278 g/mol. The minimum atomic E-state index is -3.64. The van der Waals surface area contributed by atoms with Crippen molar-refractivity contribution >= 4 is 10.0 Å². The molecule has 6 heteroatoms. The third-order valence-corrected chi connectivity index (χ3v) is 5.11. The summed E-state index contributed by atoms with van der Waals surface area (Å²) in [6, 6.07) is 4.90. The van der Waals surface area contributed by atoms with Gasteiger partial charge in [0.2, 0.25) is 10.0 Å². The van der Waals surface area contributed by atoms with Crippen LogP contribution in [0.1, 0.15) is 25.8 Å². The maximum Gasteiger partial charge on any atom is 0.246 e. The van der Waals surface area contributed by atoms with Gasteiger partial charge in [0.05, 0.1) is 7.11 Å². The van der Waals surface area contributed by atoms with Crippen molar-refractivity contribution in [3.63, 3.8) is 0 Å². The van der Waals surface area contributed by atoms with Crippen LogP contribution in [0.2, 0.25) is 0 Å². The highest BCUT2D eigenvalue weighted by Crippen LogP contribution is 2.28. The predicted octanol–water partition coefficient (Wildman–Crippen LogP) is 1.79. The Morgan fingerprint density at radius 1 is 1.35 bits per heavy atom. The molecule has 0 heterocycles. The Bertz CT molecular complexity index is 540. The average Bonchev–Trinajstić information content (AvgIpc) is 2.38. The van der Waals surface area contributed by atoms with Crippen LogP contribution in [0.5, 0.6) is 5.75 Å². The van der Waals surface area contributed by atoms with Crippen LogP contribution in [-0.4, -0.2) is 44.1 Å². The number of aliphatic hydroxyl groups excluding tert-OH is 1. The van der Waals surface area contributed by atoms with Gasteiger partial charge in [-0.15, -0.1) is 0 Å². The van der Waals surface area contributed by atoms with E-state index in [1.54, 1.807) is 12.1 Å². The first-order valence-electron chi connectivity index (χ1n) is 6.62. The number of methoxy groups -OCH3 is 1. The van der Waals surface area contributed by atoms with Crippen molar-refractivity contribution in [3.05, 3.63) is 23.8 Å². The lowest BCUT2D eigenvalue weighted by atomic mass is 10.2. The molecule has 1 rings (SSSR count). The minimum Gasteiger partial charge on any atom is -0.495 e. The van der Waals surface area contributed by atoms with E-state index in [1.807, 2.05) is 26.8 Å². The molecule has 1 aromatic carbocycles. The first-order valence-corrected chi connectivity index (χ1v) is 8.06. The zero-order valence-corrected chi connectivity index (χ0v) is 13.3. The fourth-order valence-corrected chi connectivity index (χ4v) is 3.91. The Kier molecular flexibility index (Phi) is 5.98. The maximum atomic E-state index is 12.8. The van der Waals surface area contributed by atoms with E-state index in [1.165, 1.54) is 11.4 Å². The lowest BCUT2D eigenvalue weighted by Gasteiger charge is -2.26. The number of hydrogen-bond acceptors (Lipinski definition) is 4. The molecule has 0 fully saturated rings. The van der Waals surface area contributed by atoms with Gasteiger partial charge < -0.3 is 9.84 Å². The summed E-state index contributed by atoms with van der Waals surface area (Å²) in [4.78, 5) is 0.173. The van der Waals surface area contributed by atoms with E-state index in [4.69, 9.17) is 9.84 Å². The highest BCUT2D eigenvalue weighted by atomic mass is 32.2. The Hall–Kier alpha value is -1.11. The van der Waals surface area contributed by atoms with Crippen molar-refractivity contribution in [2.24, 2.45) is 0 Å². The molecule has 5 nitrogen and oxygen atoms in total. The monoisotopic (exact) mass is 301 g/mol. The van der Waals surface area contributed by atoms with Crippen molar-refractivity contribution in [3.8, 4) is 5.75 Å². The molecule has 20 heavy (non-hydrogen) atoms. The van der Waals surface area contributed by atoms with E-state index in [0.717, 1.165) is 5.56 Å². The smallest absolute Gasteiger partial charge is 0.246 e. The zero-order valence-electron chi connectivity index (χ0n) is 12.5. The second-order valence-corrected chi connectivity index (χ2v) is 6.80. The SMILES string of the molecule is COc1ccc(C)cc1S(=O)(=O)N(CCCO)C(C)C. The number of hydrogen-bond donors (Lipinski definition) is 1. The summed E-state index contributed by atoms with van der Waals surface area (Å²) in [6.45, 7) is 5.72. The normalized spacial score (nSPS) is 12.2. The Morgan fingerprint density at radius 3 is 2.50 bits per heavy atom. The van der Waals surface area contributed by atoms with Crippen molar-refractivity contribution in [2.45, 2.75) is 38.1 Å². The van der Waals surface area contributed by atoms with Crippen LogP contribution in [0.3, 0.4) is 0 Å². The zero-order chi connectivity index (χ0) is 15.3. The minimum absolute atomic E-state index is 0.0380. The lowest BCUT2D eigenvalue weighted by Crippen LogP contribution is -2.38. The number of aryl methyl sites for hydroxylation is 1. The molecule has 0 atom stereocenters. The van der Waals surface area contributed by atoms with Gasteiger partial charge in [0, 0.05) is 19.2 Å². The Balaban J connectivity index is 3.28. The summed E-state index contributed by atoms with van der Waals surface area (Å²) in [5, 5.41) is 8.93. The molecule has 0 aliphatic carbocycles. The molecule has 0 spiro atoms. The number of ether oxygens (including phenoxy) is 1. The number of sulfonamides is 1. The Morgan fingerprint density at radius 2 is 2.00 bits per heavy atom. The van der Waals surface area contributed by atoms with E-state index >= 15 is 0 Å². The molecule has 114 valence electrons. The molecular formula is C14H23NO4S. The quantitative estimate of drug-likeness (QED) is 0.833. The molecule has 0 radical (unpaired) electrons. The van der Waals surface area contributed by atoms with Crippen LogP contribution in [0, 0.1) is 6.92 Å². The maximum absolute atomic E-state index is 12.8. The first-order chi connectivity index (χ1) is 9.34. The van der Waals surface area contributed by atoms with Gasteiger partial charge in [-0.2, -0.15) is 4.31 Å². The van der Waals surface area contributed by atoms with Gasteiger partial charge in [-0.05, 0) is 44.9 Å². The van der Waals surface area contributed by atoms with E-state index < -0.39 is 10.0 Å². The summed E-state index contributed by atoms with van der Waals surface area (Å²) in [6.07, 6.45) is 0.408. The van der Waals surface area contributed by atoms with Crippen LogP contribution in [-0.2, 0) is 10.0 Å². The molecule has 1 N–H and O–H groups in total.